The Balaban J connectivity index is 2.26. The van der Waals surface area contributed by atoms with E-state index in [9.17, 15) is 4.79 Å². The molecule has 0 radical (unpaired) electrons. The molecule has 4 nitrogen and oxygen atoms in total. The summed E-state index contributed by atoms with van der Waals surface area (Å²) in [5.74, 6) is 1.31. The summed E-state index contributed by atoms with van der Waals surface area (Å²) in [4.78, 5) is 18.3. The molecule has 1 N–H and O–H groups in total. The molecule has 1 heterocycles. The first-order chi connectivity index (χ1) is 12.9. The summed E-state index contributed by atoms with van der Waals surface area (Å²) in [5.41, 5.74) is 4.00. The van der Waals surface area contributed by atoms with Crippen LogP contribution in [-0.4, -0.2) is 16.1 Å². The topological polar surface area (TPSA) is 46.9 Å². The van der Waals surface area contributed by atoms with E-state index in [4.69, 9.17) is 4.98 Å². The van der Waals surface area contributed by atoms with Crippen molar-refractivity contribution in [1.29, 1.82) is 0 Å². The Morgan fingerprint density at radius 3 is 2.48 bits per heavy atom. The number of hydrogen-bond acceptors (Lipinski definition) is 3. The van der Waals surface area contributed by atoms with E-state index < -0.39 is 0 Å². The minimum absolute atomic E-state index is 0.0105. The fraction of sp³-hybridized carbons (Fsp3) is 0.391. The molecular formula is C23H29N3O. The fourth-order valence-electron chi connectivity index (χ4n) is 3.29. The van der Waals surface area contributed by atoms with Crippen molar-refractivity contribution in [3.05, 3.63) is 69.8 Å². The highest BCUT2D eigenvalue weighted by atomic mass is 16.1. The molecule has 0 saturated heterocycles. The zero-order valence-electron chi connectivity index (χ0n) is 16.9. The molecular weight excluding hydrogens is 334 g/mol. The van der Waals surface area contributed by atoms with Gasteiger partial charge in [-0.3, -0.25) is 9.36 Å². The van der Waals surface area contributed by atoms with Gasteiger partial charge >= 0.3 is 0 Å². The van der Waals surface area contributed by atoms with Crippen molar-refractivity contribution in [1.82, 2.24) is 14.9 Å². The van der Waals surface area contributed by atoms with Gasteiger partial charge in [0.15, 0.2) is 0 Å². The van der Waals surface area contributed by atoms with Crippen molar-refractivity contribution in [2.45, 2.75) is 47.1 Å². The molecule has 0 bridgehead atoms. The van der Waals surface area contributed by atoms with E-state index in [0.717, 1.165) is 30.0 Å². The number of rotatable bonds is 6. The van der Waals surface area contributed by atoms with Crippen LogP contribution in [0.2, 0.25) is 0 Å². The maximum Gasteiger partial charge on any atom is 0.266 e. The standard InChI is InChI=1S/C23H29N3O/c1-6-20(24-14-15(2)3)22-25-21-10-8-7-9-19(21)23(27)26(22)18-12-11-16(4)17(5)13-18/h7-13,15,20,24H,6,14H2,1-5H3/t20-/m0/s1. The molecule has 0 aliphatic heterocycles. The van der Waals surface area contributed by atoms with E-state index in [0.29, 0.717) is 11.3 Å². The van der Waals surface area contributed by atoms with E-state index >= 15 is 0 Å². The molecule has 0 spiro atoms. The molecule has 27 heavy (non-hydrogen) atoms. The van der Waals surface area contributed by atoms with E-state index in [1.807, 2.05) is 30.3 Å². The molecule has 4 heteroatoms. The lowest BCUT2D eigenvalue weighted by atomic mass is 10.1. The Bertz CT molecular complexity index is 1000. The molecule has 3 rings (SSSR count). The summed E-state index contributed by atoms with van der Waals surface area (Å²) in [6, 6.07) is 13.8. The molecule has 0 saturated carbocycles. The monoisotopic (exact) mass is 363 g/mol. The van der Waals surface area contributed by atoms with Crippen molar-refractivity contribution in [2.75, 3.05) is 6.54 Å². The molecule has 0 fully saturated rings. The summed E-state index contributed by atoms with van der Waals surface area (Å²) >= 11 is 0. The Morgan fingerprint density at radius 1 is 1.07 bits per heavy atom. The summed E-state index contributed by atoms with van der Waals surface area (Å²) in [7, 11) is 0. The van der Waals surface area contributed by atoms with E-state index in [-0.39, 0.29) is 11.6 Å². The van der Waals surface area contributed by atoms with E-state index in [2.05, 4.69) is 52.1 Å². The van der Waals surface area contributed by atoms with Gasteiger partial charge in [0.2, 0.25) is 0 Å². The van der Waals surface area contributed by atoms with Gasteiger partial charge in [-0.1, -0.05) is 39.0 Å². The number of benzene rings is 2. The van der Waals surface area contributed by atoms with Crippen LogP contribution in [0.1, 0.15) is 50.2 Å². The highest BCUT2D eigenvalue weighted by Crippen LogP contribution is 2.22. The first kappa shape index (κ1) is 19.3. The third-order valence-corrected chi connectivity index (χ3v) is 5.04. The Kier molecular flexibility index (Phi) is 5.76. The molecule has 2 aromatic carbocycles. The van der Waals surface area contributed by atoms with Crippen LogP contribution in [0.3, 0.4) is 0 Å². The van der Waals surface area contributed by atoms with Gasteiger partial charge in [0.1, 0.15) is 5.82 Å². The number of fused-ring (bicyclic) bond motifs is 1. The quantitative estimate of drug-likeness (QED) is 0.690. The second-order valence-corrected chi connectivity index (χ2v) is 7.66. The molecule has 0 amide bonds. The number of aromatic nitrogens is 2. The predicted molar refractivity (Wildman–Crippen MR) is 113 cm³/mol. The molecule has 1 aromatic heterocycles. The summed E-state index contributed by atoms with van der Waals surface area (Å²) in [5, 5.41) is 4.24. The van der Waals surface area contributed by atoms with Gasteiger partial charge in [0, 0.05) is 0 Å². The van der Waals surface area contributed by atoms with Crippen LogP contribution in [0.4, 0.5) is 0 Å². The van der Waals surface area contributed by atoms with Crippen molar-refractivity contribution >= 4 is 10.9 Å². The van der Waals surface area contributed by atoms with Crippen LogP contribution in [-0.2, 0) is 0 Å². The maximum atomic E-state index is 13.4. The van der Waals surface area contributed by atoms with E-state index in [1.165, 1.54) is 11.1 Å². The predicted octanol–water partition coefficient (Wildman–Crippen LogP) is 4.70. The van der Waals surface area contributed by atoms with Crippen molar-refractivity contribution < 1.29 is 0 Å². The summed E-state index contributed by atoms with van der Waals surface area (Å²) in [6.07, 6.45) is 0.863. The first-order valence-corrected chi connectivity index (χ1v) is 9.75. The van der Waals surface area contributed by atoms with Crippen molar-refractivity contribution in [3.8, 4) is 5.69 Å². The minimum Gasteiger partial charge on any atom is -0.307 e. The lowest BCUT2D eigenvalue weighted by molar-refractivity contribution is 0.442. The minimum atomic E-state index is -0.0105. The number of aryl methyl sites for hydroxylation is 2. The average molecular weight is 364 g/mol. The third-order valence-electron chi connectivity index (χ3n) is 5.04. The molecule has 1 atom stereocenters. The second kappa shape index (κ2) is 8.05. The molecule has 142 valence electrons. The van der Waals surface area contributed by atoms with Crippen molar-refractivity contribution in [3.63, 3.8) is 0 Å². The Morgan fingerprint density at radius 2 is 1.81 bits per heavy atom. The number of nitrogens with one attached hydrogen (secondary N) is 1. The molecule has 3 aromatic rings. The fourth-order valence-corrected chi connectivity index (χ4v) is 3.29. The third kappa shape index (κ3) is 3.96. The molecule has 0 aliphatic carbocycles. The van der Waals surface area contributed by atoms with Crippen LogP contribution >= 0.6 is 0 Å². The van der Waals surface area contributed by atoms with Gasteiger partial charge in [-0.05, 0) is 68.1 Å². The van der Waals surface area contributed by atoms with Crippen LogP contribution in [0.5, 0.6) is 0 Å². The first-order valence-electron chi connectivity index (χ1n) is 9.75. The number of para-hydroxylation sites is 1. The highest BCUT2D eigenvalue weighted by Gasteiger charge is 2.20. The van der Waals surface area contributed by atoms with Crippen LogP contribution in [0, 0.1) is 19.8 Å². The van der Waals surface area contributed by atoms with Crippen LogP contribution in [0.25, 0.3) is 16.6 Å². The van der Waals surface area contributed by atoms with Crippen LogP contribution < -0.4 is 10.9 Å². The highest BCUT2D eigenvalue weighted by molar-refractivity contribution is 5.77. The summed E-state index contributed by atoms with van der Waals surface area (Å²) < 4.78 is 1.79. The SMILES string of the molecule is CC[C@H](NCC(C)C)c1nc2ccccc2c(=O)n1-c1ccc(C)c(C)c1. The van der Waals surface area contributed by atoms with Gasteiger partial charge in [-0.2, -0.15) is 0 Å². The summed E-state index contributed by atoms with van der Waals surface area (Å²) in [6.45, 7) is 11.5. The van der Waals surface area contributed by atoms with Gasteiger partial charge in [0.25, 0.3) is 5.56 Å². The largest absolute Gasteiger partial charge is 0.307 e. The average Bonchev–Trinajstić information content (AvgIpc) is 2.65. The number of nitrogens with zero attached hydrogens (tertiary/aromatic N) is 2. The van der Waals surface area contributed by atoms with Crippen molar-refractivity contribution in [2.24, 2.45) is 5.92 Å². The van der Waals surface area contributed by atoms with E-state index in [1.54, 1.807) is 4.57 Å². The Labute approximate surface area is 161 Å². The second-order valence-electron chi connectivity index (χ2n) is 7.66. The van der Waals surface area contributed by atoms with Gasteiger partial charge in [-0.15, -0.1) is 0 Å². The normalized spacial score (nSPS) is 12.7. The zero-order valence-corrected chi connectivity index (χ0v) is 16.9. The molecule has 0 unspecified atom stereocenters. The maximum absolute atomic E-state index is 13.4. The molecule has 0 aliphatic rings. The Hall–Kier alpha value is -2.46. The van der Waals surface area contributed by atoms with Gasteiger partial charge in [0.05, 0.1) is 22.6 Å². The lowest BCUT2D eigenvalue weighted by Gasteiger charge is -2.23. The van der Waals surface area contributed by atoms with Gasteiger partial charge < -0.3 is 5.32 Å². The zero-order chi connectivity index (χ0) is 19.6. The smallest absolute Gasteiger partial charge is 0.266 e. The van der Waals surface area contributed by atoms with Gasteiger partial charge in [-0.25, -0.2) is 4.98 Å². The lowest BCUT2D eigenvalue weighted by Crippen LogP contribution is -2.32. The number of hydrogen-bond donors (Lipinski definition) is 1. The van der Waals surface area contributed by atoms with Crippen LogP contribution in [0.15, 0.2) is 47.3 Å².